The van der Waals surface area contributed by atoms with Crippen molar-refractivity contribution in [1.82, 2.24) is 9.78 Å². The summed E-state index contributed by atoms with van der Waals surface area (Å²) in [6.07, 6.45) is 3.74. The molecule has 0 radical (unpaired) electrons. The Bertz CT molecular complexity index is 596. The molecule has 5 nitrogen and oxygen atoms in total. The number of aromatic nitrogens is 2. The molecule has 18 heavy (non-hydrogen) atoms. The fraction of sp³-hybridized carbons (Fsp3) is 0.0909. The Morgan fingerprint density at radius 2 is 2.28 bits per heavy atom. The number of amidine groups is 1. The molecule has 0 saturated carbocycles. The summed E-state index contributed by atoms with van der Waals surface area (Å²) in [5.41, 5.74) is 6.21. The van der Waals surface area contributed by atoms with Gasteiger partial charge in [-0.3, -0.25) is 4.68 Å². The second-order valence-electron chi connectivity index (χ2n) is 3.58. The molecule has 2 aromatic rings. The second kappa shape index (κ2) is 5.45. The Morgan fingerprint density at radius 3 is 2.83 bits per heavy atom. The van der Waals surface area contributed by atoms with Crippen LogP contribution < -0.4 is 5.73 Å². The number of rotatable bonds is 3. The van der Waals surface area contributed by atoms with E-state index in [1.54, 1.807) is 28.7 Å². The molecule has 3 N–H and O–H groups in total. The van der Waals surface area contributed by atoms with Crippen LogP contribution in [0.1, 0.15) is 5.56 Å². The zero-order valence-electron chi connectivity index (χ0n) is 9.54. The van der Waals surface area contributed by atoms with Gasteiger partial charge in [0.25, 0.3) is 0 Å². The van der Waals surface area contributed by atoms with Crippen LogP contribution in [0.25, 0.3) is 0 Å². The van der Waals surface area contributed by atoms with Crippen molar-refractivity contribution in [3.8, 4) is 0 Å². The first-order valence-corrected chi connectivity index (χ1v) is 6.65. The smallest absolute Gasteiger partial charge is 0.171 e. The molecule has 0 saturated heterocycles. The van der Waals surface area contributed by atoms with E-state index in [0.29, 0.717) is 5.56 Å². The number of nitrogens with zero attached hydrogens (tertiary/aromatic N) is 3. The van der Waals surface area contributed by atoms with Crippen molar-refractivity contribution in [1.29, 1.82) is 0 Å². The average molecular weight is 327 g/mol. The summed E-state index contributed by atoms with van der Waals surface area (Å²) in [4.78, 5) is 2.10. The average Bonchev–Trinajstić information content (AvgIpc) is 2.74. The highest BCUT2D eigenvalue weighted by Crippen LogP contribution is 2.30. The molecule has 0 aliphatic rings. The summed E-state index contributed by atoms with van der Waals surface area (Å²) >= 11 is 5.00. The van der Waals surface area contributed by atoms with Crippen LogP contribution in [0.2, 0.25) is 0 Å². The Morgan fingerprint density at radius 1 is 1.50 bits per heavy atom. The molecule has 2 rings (SSSR count). The van der Waals surface area contributed by atoms with E-state index in [9.17, 15) is 0 Å². The number of halogens is 1. The molecule has 94 valence electrons. The third kappa shape index (κ3) is 2.85. The molecular formula is C11H11BrN4OS. The van der Waals surface area contributed by atoms with E-state index in [1.165, 1.54) is 0 Å². The van der Waals surface area contributed by atoms with Gasteiger partial charge in [-0.15, -0.1) is 0 Å². The molecule has 1 heterocycles. The summed E-state index contributed by atoms with van der Waals surface area (Å²) < 4.78 is 2.54. The first-order chi connectivity index (χ1) is 8.60. The van der Waals surface area contributed by atoms with Gasteiger partial charge in [0.15, 0.2) is 5.84 Å². The Hall–Kier alpha value is -1.47. The number of benzene rings is 1. The van der Waals surface area contributed by atoms with Crippen LogP contribution >= 0.6 is 27.7 Å². The summed E-state index contributed by atoms with van der Waals surface area (Å²) in [5, 5.41) is 15.7. The summed E-state index contributed by atoms with van der Waals surface area (Å²) in [5.74, 6) is 0.0832. The molecule has 0 amide bonds. The maximum absolute atomic E-state index is 8.65. The van der Waals surface area contributed by atoms with Gasteiger partial charge in [0, 0.05) is 28.2 Å². The minimum absolute atomic E-state index is 0.0832. The van der Waals surface area contributed by atoms with E-state index < -0.39 is 0 Å². The van der Waals surface area contributed by atoms with Gasteiger partial charge in [-0.1, -0.05) is 16.9 Å². The molecule has 0 spiro atoms. The Labute approximate surface area is 117 Å². The number of hydrogen-bond donors (Lipinski definition) is 2. The van der Waals surface area contributed by atoms with Crippen molar-refractivity contribution in [3.05, 3.63) is 40.6 Å². The molecule has 7 heteroatoms. The summed E-state index contributed by atoms with van der Waals surface area (Å²) in [7, 11) is 1.88. The van der Waals surface area contributed by atoms with Crippen molar-refractivity contribution in [3.63, 3.8) is 0 Å². The lowest BCUT2D eigenvalue weighted by Gasteiger charge is -2.05. The largest absolute Gasteiger partial charge is 0.409 e. The van der Waals surface area contributed by atoms with Crippen LogP contribution in [0.15, 0.2) is 50.0 Å². The third-order valence-corrected chi connectivity index (χ3v) is 3.83. The minimum Gasteiger partial charge on any atom is -0.409 e. The third-order valence-electron chi connectivity index (χ3n) is 2.24. The molecule has 0 atom stereocenters. The molecule has 0 aliphatic carbocycles. The van der Waals surface area contributed by atoms with E-state index >= 15 is 0 Å². The predicted molar refractivity (Wildman–Crippen MR) is 74.0 cm³/mol. The fourth-order valence-corrected chi connectivity index (χ4v) is 3.03. The number of aryl methyl sites for hydroxylation is 1. The summed E-state index contributed by atoms with van der Waals surface area (Å²) in [6, 6.07) is 5.64. The summed E-state index contributed by atoms with van der Waals surface area (Å²) in [6.45, 7) is 0. The molecule has 1 aromatic heterocycles. The van der Waals surface area contributed by atoms with Gasteiger partial charge >= 0.3 is 0 Å². The van der Waals surface area contributed by atoms with Crippen LogP contribution in [-0.2, 0) is 7.05 Å². The van der Waals surface area contributed by atoms with Crippen molar-refractivity contribution >= 4 is 33.5 Å². The Balaban J connectivity index is 2.24. The lowest BCUT2D eigenvalue weighted by atomic mass is 10.2. The SMILES string of the molecule is Cn1cc(Sc2ccc(/C(N)=N/O)c(Br)c2)cn1. The first-order valence-electron chi connectivity index (χ1n) is 5.04. The molecule has 1 aromatic carbocycles. The van der Waals surface area contributed by atoms with Crippen LogP contribution in [0.5, 0.6) is 0 Å². The van der Waals surface area contributed by atoms with Crippen molar-refractivity contribution in [2.75, 3.05) is 0 Å². The first kappa shape index (κ1) is 13.0. The highest BCUT2D eigenvalue weighted by Gasteiger charge is 2.07. The standard InChI is InChI=1S/C11H11BrN4OS/c1-16-6-8(5-14-16)18-7-2-3-9(10(12)4-7)11(13)15-17/h2-6,17H,1H3,(H2,13,15). The Kier molecular flexibility index (Phi) is 3.93. The highest BCUT2D eigenvalue weighted by atomic mass is 79.9. The molecule has 0 fully saturated rings. The molecule has 0 unspecified atom stereocenters. The van der Waals surface area contributed by atoms with E-state index in [1.807, 2.05) is 25.4 Å². The van der Waals surface area contributed by atoms with Crippen molar-refractivity contribution in [2.45, 2.75) is 9.79 Å². The monoisotopic (exact) mass is 326 g/mol. The minimum atomic E-state index is 0.0832. The lowest BCUT2D eigenvalue weighted by Crippen LogP contribution is -2.13. The number of nitrogens with two attached hydrogens (primary N) is 1. The maximum Gasteiger partial charge on any atom is 0.171 e. The van der Waals surface area contributed by atoms with Crippen LogP contribution in [0.3, 0.4) is 0 Å². The van der Waals surface area contributed by atoms with Crippen LogP contribution in [0, 0.1) is 0 Å². The second-order valence-corrected chi connectivity index (χ2v) is 5.58. The van der Waals surface area contributed by atoms with E-state index in [2.05, 4.69) is 26.2 Å². The fourth-order valence-electron chi connectivity index (χ4n) is 1.41. The van der Waals surface area contributed by atoms with Crippen molar-refractivity contribution < 1.29 is 5.21 Å². The van der Waals surface area contributed by atoms with Gasteiger partial charge in [0.1, 0.15) is 0 Å². The van der Waals surface area contributed by atoms with E-state index in [0.717, 1.165) is 14.3 Å². The van der Waals surface area contributed by atoms with Gasteiger partial charge in [-0.05, 0) is 34.1 Å². The molecular weight excluding hydrogens is 316 g/mol. The van der Waals surface area contributed by atoms with Gasteiger partial charge in [0.2, 0.25) is 0 Å². The zero-order valence-corrected chi connectivity index (χ0v) is 11.9. The topological polar surface area (TPSA) is 76.4 Å². The zero-order chi connectivity index (χ0) is 13.1. The number of hydrogen-bond acceptors (Lipinski definition) is 4. The van der Waals surface area contributed by atoms with Gasteiger partial charge in [-0.25, -0.2) is 0 Å². The van der Waals surface area contributed by atoms with Gasteiger partial charge in [-0.2, -0.15) is 5.10 Å². The van der Waals surface area contributed by atoms with E-state index in [4.69, 9.17) is 10.9 Å². The highest BCUT2D eigenvalue weighted by molar-refractivity contribution is 9.10. The normalized spacial score (nSPS) is 11.8. The van der Waals surface area contributed by atoms with Gasteiger partial charge < -0.3 is 10.9 Å². The van der Waals surface area contributed by atoms with E-state index in [-0.39, 0.29) is 5.84 Å². The van der Waals surface area contributed by atoms with Crippen molar-refractivity contribution in [2.24, 2.45) is 17.9 Å². The maximum atomic E-state index is 8.65. The predicted octanol–water partition coefficient (Wildman–Crippen LogP) is 2.43. The number of oxime groups is 1. The quantitative estimate of drug-likeness (QED) is 0.393. The van der Waals surface area contributed by atoms with Gasteiger partial charge in [0.05, 0.1) is 11.1 Å². The molecule has 0 aliphatic heterocycles. The lowest BCUT2D eigenvalue weighted by molar-refractivity contribution is 0.318. The van der Waals surface area contributed by atoms with Crippen LogP contribution in [-0.4, -0.2) is 20.8 Å². The molecule has 0 bridgehead atoms. The van der Waals surface area contributed by atoms with Crippen LogP contribution in [0.4, 0.5) is 0 Å².